The number of hydrogen-bond acceptors (Lipinski definition) is 3. The van der Waals surface area contributed by atoms with Crippen LogP contribution in [0.1, 0.15) is 40.0 Å². The highest BCUT2D eigenvalue weighted by Gasteiger charge is 2.29. The van der Waals surface area contributed by atoms with Crippen LogP contribution in [0.15, 0.2) is 0 Å². The Morgan fingerprint density at radius 3 is 2.78 bits per heavy atom. The number of rotatable bonds is 7. The van der Waals surface area contributed by atoms with Gasteiger partial charge in [0.15, 0.2) is 0 Å². The smallest absolute Gasteiger partial charge is 0.237 e. The molecular formula is C14H29N3O. The first-order valence-electron chi connectivity index (χ1n) is 7.27. The molecule has 18 heavy (non-hydrogen) atoms. The van der Waals surface area contributed by atoms with Gasteiger partial charge in [-0.1, -0.05) is 13.3 Å². The highest BCUT2D eigenvalue weighted by molar-refractivity contribution is 5.81. The third-order valence-electron chi connectivity index (χ3n) is 3.85. The third kappa shape index (κ3) is 4.58. The Balaban J connectivity index is 2.35. The topological polar surface area (TPSA) is 44.4 Å². The Kier molecular flexibility index (Phi) is 6.65. The van der Waals surface area contributed by atoms with Crippen LogP contribution in [0, 0.1) is 5.92 Å². The van der Waals surface area contributed by atoms with Crippen LogP contribution in [0.25, 0.3) is 0 Å². The zero-order valence-corrected chi connectivity index (χ0v) is 12.3. The molecule has 1 fully saturated rings. The Labute approximate surface area is 111 Å². The van der Waals surface area contributed by atoms with E-state index in [1.54, 1.807) is 0 Å². The largest absolute Gasteiger partial charge is 0.352 e. The fraction of sp³-hybridized carbons (Fsp3) is 0.929. The minimum atomic E-state index is 0.00571. The molecule has 1 saturated heterocycles. The van der Waals surface area contributed by atoms with Gasteiger partial charge >= 0.3 is 0 Å². The molecule has 0 radical (unpaired) electrons. The maximum Gasteiger partial charge on any atom is 0.237 e. The molecule has 0 aliphatic carbocycles. The van der Waals surface area contributed by atoms with Gasteiger partial charge in [-0.3, -0.25) is 9.69 Å². The molecule has 0 spiro atoms. The second-order valence-electron chi connectivity index (χ2n) is 5.58. The number of amides is 1. The number of nitrogens with one attached hydrogen (secondary N) is 2. The predicted molar refractivity (Wildman–Crippen MR) is 75.6 cm³/mol. The van der Waals surface area contributed by atoms with Crippen LogP contribution in [0.3, 0.4) is 0 Å². The lowest BCUT2D eigenvalue weighted by Crippen LogP contribution is -2.47. The van der Waals surface area contributed by atoms with Crippen molar-refractivity contribution in [3.63, 3.8) is 0 Å². The molecular weight excluding hydrogens is 226 g/mol. The molecule has 0 bridgehead atoms. The van der Waals surface area contributed by atoms with E-state index in [9.17, 15) is 4.79 Å². The van der Waals surface area contributed by atoms with Crippen molar-refractivity contribution in [2.45, 2.75) is 52.1 Å². The van der Waals surface area contributed by atoms with Gasteiger partial charge in [0.2, 0.25) is 5.91 Å². The Morgan fingerprint density at radius 2 is 2.17 bits per heavy atom. The van der Waals surface area contributed by atoms with Crippen molar-refractivity contribution < 1.29 is 4.79 Å². The van der Waals surface area contributed by atoms with Crippen molar-refractivity contribution >= 4 is 5.91 Å². The molecule has 3 unspecified atom stereocenters. The second-order valence-corrected chi connectivity index (χ2v) is 5.58. The van der Waals surface area contributed by atoms with Crippen molar-refractivity contribution in [2.24, 2.45) is 5.92 Å². The molecule has 2 N–H and O–H groups in total. The quantitative estimate of drug-likeness (QED) is 0.719. The van der Waals surface area contributed by atoms with Gasteiger partial charge in [-0.15, -0.1) is 0 Å². The van der Waals surface area contributed by atoms with Crippen molar-refractivity contribution in [1.29, 1.82) is 0 Å². The van der Waals surface area contributed by atoms with Crippen molar-refractivity contribution in [3.05, 3.63) is 0 Å². The molecule has 1 aliphatic heterocycles. The zero-order valence-electron chi connectivity index (χ0n) is 12.3. The van der Waals surface area contributed by atoms with Crippen LogP contribution in [0.4, 0.5) is 0 Å². The molecule has 1 aliphatic rings. The normalized spacial score (nSPS) is 23.9. The lowest BCUT2D eigenvalue weighted by molar-refractivity contribution is -0.126. The first-order chi connectivity index (χ1) is 8.58. The summed E-state index contributed by atoms with van der Waals surface area (Å²) in [6.45, 7) is 9.39. The molecule has 1 rings (SSSR count). The second kappa shape index (κ2) is 7.74. The first kappa shape index (κ1) is 15.4. The van der Waals surface area contributed by atoms with Crippen LogP contribution in [-0.2, 0) is 4.79 Å². The molecule has 106 valence electrons. The van der Waals surface area contributed by atoms with E-state index >= 15 is 0 Å². The van der Waals surface area contributed by atoms with E-state index in [0.29, 0.717) is 12.0 Å². The molecule has 0 aromatic rings. The molecule has 0 aromatic carbocycles. The van der Waals surface area contributed by atoms with Crippen molar-refractivity contribution in [2.75, 3.05) is 26.7 Å². The summed E-state index contributed by atoms with van der Waals surface area (Å²) in [5.41, 5.74) is 0. The summed E-state index contributed by atoms with van der Waals surface area (Å²) in [6.07, 6.45) is 3.37. The average Bonchev–Trinajstić information content (AvgIpc) is 2.77. The number of hydrogen-bond donors (Lipinski definition) is 2. The molecule has 0 aromatic heterocycles. The van der Waals surface area contributed by atoms with E-state index in [2.05, 4.69) is 29.4 Å². The first-order valence-corrected chi connectivity index (χ1v) is 7.27. The van der Waals surface area contributed by atoms with Crippen LogP contribution in [-0.4, -0.2) is 49.6 Å². The molecule has 0 saturated carbocycles. The average molecular weight is 255 g/mol. The fourth-order valence-corrected chi connectivity index (χ4v) is 2.70. The lowest BCUT2D eigenvalue weighted by atomic mass is 10.1. The minimum absolute atomic E-state index is 0.00571. The third-order valence-corrected chi connectivity index (χ3v) is 3.85. The van der Waals surface area contributed by atoms with Gasteiger partial charge in [0, 0.05) is 12.6 Å². The van der Waals surface area contributed by atoms with Crippen LogP contribution in [0.5, 0.6) is 0 Å². The molecule has 1 amide bonds. The van der Waals surface area contributed by atoms with Gasteiger partial charge < -0.3 is 10.6 Å². The highest BCUT2D eigenvalue weighted by atomic mass is 16.2. The maximum absolute atomic E-state index is 12.1. The SMILES string of the molecule is CCCC(C)NC(=O)C(C)N1CCC(CNC)C1. The van der Waals surface area contributed by atoms with E-state index in [1.807, 2.05) is 14.0 Å². The number of carbonyl (C=O) groups excluding carboxylic acids is 1. The summed E-state index contributed by atoms with van der Waals surface area (Å²) in [7, 11) is 1.99. The van der Waals surface area contributed by atoms with E-state index in [4.69, 9.17) is 0 Å². The Bertz CT molecular complexity index is 257. The zero-order chi connectivity index (χ0) is 13.5. The van der Waals surface area contributed by atoms with E-state index in [-0.39, 0.29) is 11.9 Å². The van der Waals surface area contributed by atoms with Gasteiger partial charge in [-0.05, 0) is 52.7 Å². The van der Waals surface area contributed by atoms with Gasteiger partial charge in [0.1, 0.15) is 0 Å². The fourth-order valence-electron chi connectivity index (χ4n) is 2.70. The summed E-state index contributed by atoms with van der Waals surface area (Å²) in [5.74, 6) is 0.874. The molecule has 4 nitrogen and oxygen atoms in total. The summed E-state index contributed by atoms with van der Waals surface area (Å²) >= 11 is 0. The van der Waals surface area contributed by atoms with Gasteiger partial charge in [0.05, 0.1) is 6.04 Å². The predicted octanol–water partition coefficient (Wildman–Crippen LogP) is 1.22. The van der Waals surface area contributed by atoms with E-state index in [1.165, 1.54) is 6.42 Å². The number of carbonyl (C=O) groups is 1. The minimum Gasteiger partial charge on any atom is -0.352 e. The molecule has 1 heterocycles. The molecule has 4 heteroatoms. The lowest BCUT2D eigenvalue weighted by Gasteiger charge is -2.25. The van der Waals surface area contributed by atoms with Gasteiger partial charge in [-0.2, -0.15) is 0 Å². The van der Waals surface area contributed by atoms with Crippen molar-refractivity contribution in [3.8, 4) is 0 Å². The molecule has 3 atom stereocenters. The van der Waals surface area contributed by atoms with Crippen molar-refractivity contribution in [1.82, 2.24) is 15.5 Å². The van der Waals surface area contributed by atoms with Crippen LogP contribution in [0.2, 0.25) is 0 Å². The summed E-state index contributed by atoms with van der Waals surface area (Å²) in [4.78, 5) is 14.4. The van der Waals surface area contributed by atoms with E-state index in [0.717, 1.165) is 32.5 Å². The highest BCUT2D eigenvalue weighted by Crippen LogP contribution is 2.18. The number of likely N-dealkylation sites (tertiary alicyclic amines) is 1. The monoisotopic (exact) mass is 255 g/mol. The maximum atomic E-state index is 12.1. The number of nitrogens with zero attached hydrogens (tertiary/aromatic N) is 1. The van der Waals surface area contributed by atoms with Crippen LogP contribution >= 0.6 is 0 Å². The standard InChI is InChI=1S/C14H29N3O/c1-5-6-11(2)16-14(18)12(3)17-8-7-13(10-17)9-15-4/h11-13,15H,5-10H2,1-4H3,(H,16,18). The van der Waals surface area contributed by atoms with E-state index < -0.39 is 0 Å². The van der Waals surface area contributed by atoms with Gasteiger partial charge in [-0.25, -0.2) is 0 Å². The Hall–Kier alpha value is -0.610. The summed E-state index contributed by atoms with van der Waals surface area (Å²) in [5, 5.41) is 6.33. The summed E-state index contributed by atoms with van der Waals surface area (Å²) in [6, 6.07) is 0.298. The van der Waals surface area contributed by atoms with Gasteiger partial charge in [0.25, 0.3) is 0 Å². The summed E-state index contributed by atoms with van der Waals surface area (Å²) < 4.78 is 0. The Morgan fingerprint density at radius 1 is 1.44 bits per heavy atom. The van der Waals surface area contributed by atoms with Crippen LogP contribution < -0.4 is 10.6 Å².